The maximum absolute atomic E-state index is 11.8. The van der Waals surface area contributed by atoms with Gasteiger partial charge in [0.1, 0.15) is 0 Å². The predicted octanol–water partition coefficient (Wildman–Crippen LogP) is 2.57. The molecule has 2 fully saturated rings. The molecule has 88 valence electrons. The van der Waals surface area contributed by atoms with Crippen LogP contribution in [0.2, 0.25) is 0 Å². The number of carbonyl (C=O) groups is 1. The van der Waals surface area contributed by atoms with E-state index in [0.717, 1.165) is 13.1 Å². The quantitative estimate of drug-likeness (QED) is 0.655. The van der Waals surface area contributed by atoms with Gasteiger partial charge in [0.2, 0.25) is 0 Å². The van der Waals surface area contributed by atoms with E-state index in [1.165, 1.54) is 19.3 Å². The summed E-state index contributed by atoms with van der Waals surface area (Å²) in [5.41, 5.74) is 0. The highest BCUT2D eigenvalue weighted by atomic mass is 16.2. The van der Waals surface area contributed by atoms with Crippen molar-refractivity contribution >= 4 is 6.03 Å². The standard InChI is InChI=1S/C10H18N2O.C2H6/c1-8-5-6-12(7-8)10(13)11(2)9-3-4-9;1-2/h8-9H,3-7H2,1-2H3;1-2H3. The summed E-state index contributed by atoms with van der Waals surface area (Å²) in [6.07, 6.45) is 3.57. The molecule has 3 nitrogen and oxygen atoms in total. The maximum atomic E-state index is 11.8. The summed E-state index contributed by atoms with van der Waals surface area (Å²) in [4.78, 5) is 15.7. The lowest BCUT2D eigenvalue weighted by Gasteiger charge is -2.24. The van der Waals surface area contributed by atoms with E-state index in [4.69, 9.17) is 0 Å². The average molecular weight is 212 g/mol. The minimum absolute atomic E-state index is 0.242. The number of amides is 2. The van der Waals surface area contributed by atoms with Crippen LogP contribution in [0.1, 0.15) is 40.0 Å². The fourth-order valence-corrected chi connectivity index (χ4v) is 1.95. The van der Waals surface area contributed by atoms with Gasteiger partial charge in [0.05, 0.1) is 0 Å². The van der Waals surface area contributed by atoms with Crippen LogP contribution in [0.3, 0.4) is 0 Å². The van der Waals surface area contributed by atoms with Crippen LogP contribution in [0.4, 0.5) is 4.79 Å². The molecule has 2 amide bonds. The van der Waals surface area contributed by atoms with Gasteiger partial charge in [-0.05, 0) is 25.2 Å². The van der Waals surface area contributed by atoms with Gasteiger partial charge >= 0.3 is 6.03 Å². The van der Waals surface area contributed by atoms with Crippen molar-refractivity contribution in [3.63, 3.8) is 0 Å². The molecule has 1 heterocycles. The van der Waals surface area contributed by atoms with Gasteiger partial charge in [0, 0.05) is 26.2 Å². The van der Waals surface area contributed by atoms with Gasteiger partial charge in [0.25, 0.3) is 0 Å². The first-order valence-corrected chi connectivity index (χ1v) is 6.20. The number of nitrogens with zero attached hydrogens (tertiary/aromatic N) is 2. The van der Waals surface area contributed by atoms with Gasteiger partial charge in [-0.1, -0.05) is 20.8 Å². The monoisotopic (exact) mass is 212 g/mol. The van der Waals surface area contributed by atoms with E-state index in [-0.39, 0.29) is 6.03 Å². The molecule has 1 unspecified atom stereocenters. The van der Waals surface area contributed by atoms with Crippen LogP contribution < -0.4 is 0 Å². The summed E-state index contributed by atoms with van der Waals surface area (Å²) < 4.78 is 0. The van der Waals surface area contributed by atoms with E-state index in [0.29, 0.717) is 12.0 Å². The topological polar surface area (TPSA) is 23.6 Å². The minimum Gasteiger partial charge on any atom is -0.325 e. The van der Waals surface area contributed by atoms with E-state index in [9.17, 15) is 4.79 Å². The van der Waals surface area contributed by atoms with Gasteiger partial charge in [-0.2, -0.15) is 0 Å². The second-order valence-corrected chi connectivity index (χ2v) is 4.46. The van der Waals surface area contributed by atoms with Crippen LogP contribution in [0.15, 0.2) is 0 Å². The molecule has 0 aromatic heterocycles. The molecule has 0 radical (unpaired) electrons. The summed E-state index contributed by atoms with van der Waals surface area (Å²) in [6, 6.07) is 0.787. The van der Waals surface area contributed by atoms with Crippen molar-refractivity contribution in [1.29, 1.82) is 0 Å². The summed E-state index contributed by atoms with van der Waals surface area (Å²) >= 11 is 0. The average Bonchev–Trinajstić information content (AvgIpc) is 3.02. The predicted molar refractivity (Wildman–Crippen MR) is 62.9 cm³/mol. The molecule has 1 atom stereocenters. The molecule has 0 aromatic carbocycles. The zero-order valence-electron chi connectivity index (χ0n) is 10.5. The summed E-state index contributed by atoms with van der Waals surface area (Å²) in [5, 5.41) is 0. The highest BCUT2D eigenvalue weighted by Gasteiger charge is 2.33. The molecular weight excluding hydrogens is 188 g/mol. The molecule has 0 spiro atoms. The molecule has 1 aliphatic heterocycles. The molecule has 15 heavy (non-hydrogen) atoms. The second-order valence-electron chi connectivity index (χ2n) is 4.46. The Hall–Kier alpha value is -0.730. The van der Waals surface area contributed by atoms with Crippen LogP contribution in [0, 0.1) is 5.92 Å². The second kappa shape index (κ2) is 5.38. The zero-order chi connectivity index (χ0) is 11.4. The largest absolute Gasteiger partial charge is 0.325 e. The first-order valence-electron chi connectivity index (χ1n) is 6.20. The van der Waals surface area contributed by atoms with Crippen molar-refractivity contribution < 1.29 is 4.79 Å². The Labute approximate surface area is 93.4 Å². The molecule has 1 aliphatic carbocycles. The highest BCUT2D eigenvalue weighted by molar-refractivity contribution is 5.75. The summed E-state index contributed by atoms with van der Waals surface area (Å²) in [7, 11) is 1.93. The van der Waals surface area contributed by atoms with Gasteiger partial charge in [-0.15, -0.1) is 0 Å². The maximum Gasteiger partial charge on any atom is 0.319 e. The lowest BCUT2D eigenvalue weighted by atomic mass is 10.2. The van der Waals surface area contributed by atoms with Crippen LogP contribution >= 0.6 is 0 Å². The Morgan fingerprint density at radius 2 is 1.87 bits per heavy atom. The molecule has 0 aromatic rings. The van der Waals surface area contributed by atoms with Crippen molar-refractivity contribution in [1.82, 2.24) is 9.80 Å². The number of hydrogen-bond donors (Lipinski definition) is 0. The number of hydrogen-bond acceptors (Lipinski definition) is 1. The third-order valence-electron chi connectivity index (χ3n) is 3.09. The summed E-state index contributed by atoms with van der Waals surface area (Å²) in [5.74, 6) is 0.691. The first-order chi connectivity index (χ1) is 7.18. The van der Waals surface area contributed by atoms with Gasteiger partial charge in [-0.25, -0.2) is 4.79 Å². The van der Waals surface area contributed by atoms with Crippen molar-refractivity contribution in [2.45, 2.75) is 46.1 Å². The third-order valence-corrected chi connectivity index (χ3v) is 3.09. The summed E-state index contributed by atoms with van der Waals surface area (Å²) in [6.45, 7) is 8.12. The van der Waals surface area contributed by atoms with E-state index in [2.05, 4.69) is 6.92 Å². The molecule has 0 N–H and O–H groups in total. The van der Waals surface area contributed by atoms with Crippen LogP contribution in [0.5, 0.6) is 0 Å². The Bertz CT molecular complexity index is 214. The van der Waals surface area contributed by atoms with Crippen molar-refractivity contribution in [2.24, 2.45) is 5.92 Å². The van der Waals surface area contributed by atoms with Gasteiger partial charge in [-0.3, -0.25) is 0 Å². The fourth-order valence-electron chi connectivity index (χ4n) is 1.95. The van der Waals surface area contributed by atoms with E-state index < -0.39 is 0 Å². The number of urea groups is 1. The van der Waals surface area contributed by atoms with Crippen LogP contribution in [-0.2, 0) is 0 Å². The lowest BCUT2D eigenvalue weighted by Crippen LogP contribution is -2.40. The van der Waals surface area contributed by atoms with Crippen molar-refractivity contribution in [3.05, 3.63) is 0 Å². The fraction of sp³-hybridized carbons (Fsp3) is 0.917. The highest BCUT2D eigenvalue weighted by Crippen LogP contribution is 2.27. The Kier molecular flexibility index (Phi) is 4.43. The Morgan fingerprint density at radius 1 is 1.27 bits per heavy atom. The molecule has 1 saturated heterocycles. The molecule has 1 saturated carbocycles. The minimum atomic E-state index is 0.242. The lowest BCUT2D eigenvalue weighted by molar-refractivity contribution is 0.169. The first kappa shape index (κ1) is 12.3. The van der Waals surface area contributed by atoms with Crippen LogP contribution in [0.25, 0.3) is 0 Å². The molecular formula is C12H24N2O. The smallest absolute Gasteiger partial charge is 0.319 e. The van der Waals surface area contributed by atoms with Gasteiger partial charge in [0.15, 0.2) is 0 Å². The van der Waals surface area contributed by atoms with Crippen molar-refractivity contribution in [2.75, 3.05) is 20.1 Å². The van der Waals surface area contributed by atoms with Crippen molar-refractivity contribution in [3.8, 4) is 0 Å². The molecule has 0 bridgehead atoms. The number of rotatable bonds is 1. The van der Waals surface area contributed by atoms with E-state index >= 15 is 0 Å². The molecule has 2 aliphatic rings. The SMILES string of the molecule is CC.CC1CCN(C(=O)N(C)C2CC2)C1. The van der Waals surface area contributed by atoms with E-state index in [1.54, 1.807) is 0 Å². The Balaban J connectivity index is 0.000000531. The van der Waals surface area contributed by atoms with E-state index in [1.807, 2.05) is 30.7 Å². The van der Waals surface area contributed by atoms with Crippen LogP contribution in [-0.4, -0.2) is 42.0 Å². The molecule has 3 heteroatoms. The Morgan fingerprint density at radius 3 is 2.27 bits per heavy atom. The number of carbonyl (C=O) groups excluding carboxylic acids is 1. The molecule has 2 rings (SSSR count). The van der Waals surface area contributed by atoms with Gasteiger partial charge < -0.3 is 9.80 Å². The zero-order valence-corrected chi connectivity index (χ0v) is 10.5. The third kappa shape index (κ3) is 3.11. The number of likely N-dealkylation sites (tertiary alicyclic amines) is 1. The normalized spacial score (nSPS) is 24.5.